The van der Waals surface area contributed by atoms with E-state index in [0.717, 1.165) is 25.8 Å². The van der Waals surface area contributed by atoms with Crippen LogP contribution in [0.1, 0.15) is 16.7 Å². The third-order valence-corrected chi connectivity index (χ3v) is 6.64. The first-order valence-corrected chi connectivity index (χ1v) is 10.7. The fraction of sp³-hybridized carbons (Fsp3) is 0.120. The van der Waals surface area contributed by atoms with Crippen LogP contribution in [0.2, 0.25) is 0 Å². The van der Waals surface area contributed by atoms with Crippen molar-refractivity contribution in [1.82, 2.24) is 9.13 Å². The van der Waals surface area contributed by atoms with Crippen LogP contribution < -0.4 is 11.2 Å². The molecule has 0 spiro atoms. The van der Waals surface area contributed by atoms with Crippen LogP contribution in [0, 0.1) is 19.7 Å². The number of fused-ring (bicyclic) bond motifs is 3. The molecule has 0 radical (unpaired) electrons. The lowest BCUT2D eigenvalue weighted by Gasteiger charge is -2.13. The molecule has 6 heteroatoms. The fourth-order valence-corrected chi connectivity index (χ4v) is 5.07. The van der Waals surface area contributed by atoms with Crippen LogP contribution in [-0.2, 0) is 6.54 Å². The quantitative estimate of drug-likeness (QED) is 0.396. The highest BCUT2D eigenvalue weighted by Crippen LogP contribution is 2.31. The van der Waals surface area contributed by atoms with Gasteiger partial charge in [0.2, 0.25) is 0 Å². The first kappa shape index (κ1) is 19.5. The lowest BCUT2D eigenvalue weighted by Crippen LogP contribution is -2.38. The maximum absolute atomic E-state index is 14.3. The SMILES string of the molecule is Cc1cccc(Cn2c(=O)n(-c3ccc(C)c(F)c3)c(=O)c3sc4ccccc4c32)c1. The molecule has 0 atom stereocenters. The topological polar surface area (TPSA) is 44.0 Å². The van der Waals surface area contributed by atoms with Crippen molar-refractivity contribution in [2.24, 2.45) is 0 Å². The normalized spacial score (nSPS) is 11.5. The van der Waals surface area contributed by atoms with Gasteiger partial charge >= 0.3 is 5.69 Å². The van der Waals surface area contributed by atoms with E-state index in [1.165, 1.54) is 17.4 Å². The van der Waals surface area contributed by atoms with Crippen LogP contribution in [0.15, 0.2) is 76.3 Å². The number of benzene rings is 3. The van der Waals surface area contributed by atoms with Crippen LogP contribution in [-0.4, -0.2) is 9.13 Å². The van der Waals surface area contributed by atoms with E-state index in [-0.39, 0.29) is 5.69 Å². The summed E-state index contributed by atoms with van der Waals surface area (Å²) in [6.45, 7) is 3.96. The molecule has 0 amide bonds. The van der Waals surface area contributed by atoms with Gasteiger partial charge in [-0.2, -0.15) is 0 Å². The monoisotopic (exact) mass is 430 g/mol. The Hall–Kier alpha value is -3.51. The van der Waals surface area contributed by atoms with Gasteiger partial charge in [-0.25, -0.2) is 13.8 Å². The molecule has 0 aliphatic rings. The van der Waals surface area contributed by atoms with Gasteiger partial charge in [0, 0.05) is 10.1 Å². The zero-order valence-electron chi connectivity index (χ0n) is 17.1. The number of aryl methyl sites for hydroxylation is 2. The zero-order chi connectivity index (χ0) is 21.7. The highest BCUT2D eigenvalue weighted by Gasteiger charge is 2.20. The van der Waals surface area contributed by atoms with Crippen molar-refractivity contribution >= 4 is 31.6 Å². The molecule has 2 aromatic heterocycles. The number of aromatic nitrogens is 2. The van der Waals surface area contributed by atoms with Gasteiger partial charge in [0.05, 0.1) is 17.7 Å². The summed E-state index contributed by atoms with van der Waals surface area (Å²) in [6.07, 6.45) is 0. The Morgan fingerprint density at radius 1 is 0.935 bits per heavy atom. The summed E-state index contributed by atoms with van der Waals surface area (Å²) < 4.78 is 18.4. The number of rotatable bonds is 3. The molecule has 3 aromatic carbocycles. The number of thiophene rings is 1. The number of nitrogens with zero attached hydrogens (tertiary/aromatic N) is 2. The molecule has 4 nitrogen and oxygen atoms in total. The van der Waals surface area contributed by atoms with Crippen LogP contribution >= 0.6 is 11.3 Å². The third-order valence-electron chi connectivity index (χ3n) is 5.50. The van der Waals surface area contributed by atoms with Crippen molar-refractivity contribution in [3.8, 4) is 5.69 Å². The van der Waals surface area contributed by atoms with Crippen LogP contribution in [0.25, 0.3) is 26.0 Å². The molecule has 154 valence electrons. The molecular formula is C25H19FN2O2S. The van der Waals surface area contributed by atoms with E-state index in [2.05, 4.69) is 0 Å². The van der Waals surface area contributed by atoms with Crippen molar-refractivity contribution in [2.75, 3.05) is 0 Å². The van der Waals surface area contributed by atoms with E-state index in [9.17, 15) is 14.0 Å². The van der Waals surface area contributed by atoms with Gasteiger partial charge in [0.25, 0.3) is 5.56 Å². The van der Waals surface area contributed by atoms with E-state index in [1.54, 1.807) is 23.6 Å². The highest BCUT2D eigenvalue weighted by atomic mass is 32.1. The van der Waals surface area contributed by atoms with Gasteiger partial charge in [-0.05, 0) is 43.2 Å². The molecular weight excluding hydrogens is 411 g/mol. The molecule has 31 heavy (non-hydrogen) atoms. The molecule has 5 rings (SSSR count). The van der Waals surface area contributed by atoms with E-state index in [1.807, 2.05) is 55.5 Å². The first-order valence-electron chi connectivity index (χ1n) is 9.93. The summed E-state index contributed by atoms with van der Waals surface area (Å²) in [5.41, 5.74) is 2.46. The summed E-state index contributed by atoms with van der Waals surface area (Å²) in [4.78, 5) is 27.1. The average Bonchev–Trinajstić information content (AvgIpc) is 3.14. The molecule has 0 aliphatic heterocycles. The zero-order valence-corrected chi connectivity index (χ0v) is 17.9. The van der Waals surface area contributed by atoms with Gasteiger partial charge in [0.1, 0.15) is 10.5 Å². The molecule has 0 bridgehead atoms. The Morgan fingerprint density at radius 3 is 2.52 bits per heavy atom. The summed E-state index contributed by atoms with van der Waals surface area (Å²) in [5, 5.41) is 0.867. The molecule has 0 saturated carbocycles. The van der Waals surface area contributed by atoms with E-state index in [0.29, 0.717) is 22.3 Å². The van der Waals surface area contributed by atoms with Gasteiger partial charge in [0.15, 0.2) is 0 Å². The maximum Gasteiger partial charge on any atom is 0.336 e. The summed E-state index contributed by atoms with van der Waals surface area (Å²) in [5.74, 6) is -0.453. The van der Waals surface area contributed by atoms with E-state index >= 15 is 0 Å². The predicted molar refractivity (Wildman–Crippen MR) is 124 cm³/mol. The Bertz CT molecular complexity index is 1590. The van der Waals surface area contributed by atoms with Crippen LogP contribution in [0.4, 0.5) is 4.39 Å². The number of hydrogen-bond acceptors (Lipinski definition) is 3. The number of halogens is 1. The number of hydrogen-bond donors (Lipinski definition) is 0. The summed E-state index contributed by atoms with van der Waals surface area (Å²) >= 11 is 1.35. The van der Waals surface area contributed by atoms with Gasteiger partial charge in [-0.1, -0.05) is 54.1 Å². The maximum atomic E-state index is 14.3. The smallest absolute Gasteiger partial charge is 0.287 e. The molecule has 5 aromatic rings. The van der Waals surface area contributed by atoms with Gasteiger partial charge < -0.3 is 0 Å². The molecule has 2 heterocycles. The lowest BCUT2D eigenvalue weighted by molar-refractivity contribution is 0.615. The molecule has 0 fully saturated rings. The Labute approximate surface area is 181 Å². The molecule has 0 saturated heterocycles. The highest BCUT2D eigenvalue weighted by molar-refractivity contribution is 7.25. The third kappa shape index (κ3) is 3.20. The predicted octanol–water partition coefficient (Wildman–Crippen LogP) is 5.17. The van der Waals surface area contributed by atoms with Crippen molar-refractivity contribution in [1.29, 1.82) is 0 Å². The largest absolute Gasteiger partial charge is 0.336 e. The molecule has 0 unspecified atom stereocenters. The minimum Gasteiger partial charge on any atom is -0.287 e. The van der Waals surface area contributed by atoms with Gasteiger partial charge in [-0.3, -0.25) is 9.36 Å². The first-order chi connectivity index (χ1) is 14.9. The van der Waals surface area contributed by atoms with Crippen LogP contribution in [0.3, 0.4) is 0 Å². The second-order valence-electron chi connectivity index (χ2n) is 7.71. The summed E-state index contributed by atoms with van der Waals surface area (Å²) in [7, 11) is 0. The van der Waals surface area contributed by atoms with Gasteiger partial charge in [-0.15, -0.1) is 11.3 Å². The van der Waals surface area contributed by atoms with E-state index in [4.69, 9.17) is 0 Å². The lowest BCUT2D eigenvalue weighted by atomic mass is 10.1. The van der Waals surface area contributed by atoms with Crippen molar-refractivity contribution in [3.05, 3.63) is 110 Å². The minimum absolute atomic E-state index is 0.232. The fourth-order valence-electron chi connectivity index (χ4n) is 3.94. The van der Waals surface area contributed by atoms with Crippen molar-refractivity contribution in [2.45, 2.75) is 20.4 Å². The summed E-state index contributed by atoms with van der Waals surface area (Å²) in [6, 6.07) is 20.0. The van der Waals surface area contributed by atoms with Crippen molar-refractivity contribution in [3.63, 3.8) is 0 Å². The van der Waals surface area contributed by atoms with Crippen LogP contribution in [0.5, 0.6) is 0 Å². The Balaban J connectivity index is 1.89. The Kier molecular flexibility index (Phi) is 4.59. The standard InChI is InChI=1S/C25H19FN2O2S/c1-15-6-5-7-17(12-15)14-27-22-19-8-3-4-9-21(19)31-23(22)24(29)28(25(27)30)18-11-10-16(2)20(26)13-18/h3-13H,14H2,1-2H3. The second kappa shape index (κ2) is 7.32. The molecule has 0 N–H and O–H groups in total. The van der Waals surface area contributed by atoms with Crippen molar-refractivity contribution < 1.29 is 4.39 Å². The average molecular weight is 431 g/mol. The minimum atomic E-state index is -0.481. The Morgan fingerprint density at radius 2 is 1.74 bits per heavy atom. The molecule has 0 aliphatic carbocycles. The second-order valence-corrected chi connectivity index (χ2v) is 8.76. The van der Waals surface area contributed by atoms with E-state index < -0.39 is 17.1 Å².